The van der Waals surface area contributed by atoms with Gasteiger partial charge in [-0.15, -0.1) is 0 Å². The molecule has 0 aliphatic carbocycles. The average Bonchev–Trinajstić information content (AvgIpc) is 2.61. The fraction of sp³-hybridized carbons (Fsp3) is 0.238. The molecule has 0 radical (unpaired) electrons. The highest BCUT2D eigenvalue weighted by atomic mass is 16.5. The molecule has 0 aliphatic rings. The van der Waals surface area contributed by atoms with Gasteiger partial charge in [0.05, 0.1) is 17.7 Å². The van der Waals surface area contributed by atoms with E-state index in [-0.39, 0.29) is 5.97 Å². The van der Waals surface area contributed by atoms with Gasteiger partial charge in [-0.1, -0.05) is 44.2 Å². The first kappa shape index (κ1) is 16.2. The van der Waals surface area contributed by atoms with Crippen molar-refractivity contribution in [1.82, 2.24) is 4.98 Å². The van der Waals surface area contributed by atoms with Gasteiger partial charge in [-0.05, 0) is 47.7 Å². The summed E-state index contributed by atoms with van der Waals surface area (Å²) in [6.45, 7) is 6.53. The smallest absolute Gasteiger partial charge is 0.339 e. The Balaban J connectivity index is 1.98. The van der Waals surface area contributed by atoms with Crippen molar-refractivity contribution in [3.8, 4) is 11.1 Å². The predicted molar refractivity (Wildman–Crippen MR) is 97.2 cm³/mol. The molecule has 0 atom stereocenters. The van der Waals surface area contributed by atoms with Crippen molar-refractivity contribution in [2.24, 2.45) is 0 Å². The molecule has 3 nitrogen and oxygen atoms in total. The molecule has 0 spiro atoms. The van der Waals surface area contributed by atoms with Crippen LogP contribution in [-0.2, 0) is 4.74 Å². The van der Waals surface area contributed by atoms with Crippen LogP contribution in [0.2, 0.25) is 0 Å². The van der Waals surface area contributed by atoms with Gasteiger partial charge < -0.3 is 4.74 Å². The summed E-state index contributed by atoms with van der Waals surface area (Å²) < 4.78 is 5.05. The summed E-state index contributed by atoms with van der Waals surface area (Å²) in [5, 5.41) is 0.936. The molecule has 0 fully saturated rings. The molecule has 24 heavy (non-hydrogen) atoms. The Morgan fingerprint density at radius 3 is 2.42 bits per heavy atom. The highest BCUT2D eigenvalue weighted by Gasteiger charge is 2.09. The quantitative estimate of drug-likeness (QED) is 0.620. The zero-order valence-corrected chi connectivity index (χ0v) is 14.2. The number of hydrogen-bond acceptors (Lipinski definition) is 3. The fourth-order valence-corrected chi connectivity index (χ4v) is 2.70. The maximum Gasteiger partial charge on any atom is 0.339 e. The maximum atomic E-state index is 11.9. The van der Waals surface area contributed by atoms with E-state index < -0.39 is 0 Å². The molecular formula is C21H21NO2. The minimum absolute atomic E-state index is 0.335. The second kappa shape index (κ2) is 6.83. The number of pyridine rings is 1. The topological polar surface area (TPSA) is 39.2 Å². The van der Waals surface area contributed by atoms with E-state index in [0.29, 0.717) is 18.1 Å². The normalized spacial score (nSPS) is 11.0. The molecule has 1 heterocycles. The molecule has 3 aromatic rings. The van der Waals surface area contributed by atoms with Crippen LogP contribution >= 0.6 is 0 Å². The number of fused-ring (bicyclic) bond motifs is 1. The Kier molecular flexibility index (Phi) is 4.61. The lowest BCUT2D eigenvalue weighted by Crippen LogP contribution is -2.04. The van der Waals surface area contributed by atoms with Gasteiger partial charge in [0, 0.05) is 11.6 Å². The van der Waals surface area contributed by atoms with Crippen molar-refractivity contribution in [3.05, 3.63) is 65.9 Å². The third-order valence-electron chi connectivity index (χ3n) is 4.10. The molecule has 0 amide bonds. The maximum absolute atomic E-state index is 11.9. The second-order valence-electron chi connectivity index (χ2n) is 6.13. The minimum Gasteiger partial charge on any atom is -0.462 e. The number of carbonyl (C=O) groups is 1. The van der Waals surface area contributed by atoms with Gasteiger partial charge in [0.2, 0.25) is 0 Å². The van der Waals surface area contributed by atoms with Crippen LogP contribution in [0.3, 0.4) is 0 Å². The summed E-state index contributed by atoms with van der Waals surface area (Å²) >= 11 is 0. The molecule has 0 bridgehead atoms. The standard InChI is InChI=1S/C21H21NO2/c1-4-24-21(23)19-12-18-11-17(9-10-20(18)22-13-19)16-7-5-15(6-8-16)14(2)3/h5-14H,4H2,1-3H3. The lowest BCUT2D eigenvalue weighted by Gasteiger charge is -2.08. The third-order valence-corrected chi connectivity index (χ3v) is 4.10. The van der Waals surface area contributed by atoms with E-state index in [9.17, 15) is 4.79 Å². The van der Waals surface area contributed by atoms with Gasteiger partial charge >= 0.3 is 5.97 Å². The van der Waals surface area contributed by atoms with E-state index in [0.717, 1.165) is 22.0 Å². The second-order valence-corrected chi connectivity index (χ2v) is 6.13. The molecule has 0 saturated heterocycles. The van der Waals surface area contributed by atoms with Crippen LogP contribution in [0.15, 0.2) is 54.7 Å². The van der Waals surface area contributed by atoms with Gasteiger partial charge in [0.25, 0.3) is 0 Å². The molecule has 0 saturated carbocycles. The lowest BCUT2D eigenvalue weighted by atomic mass is 9.98. The number of ether oxygens (including phenoxy) is 1. The highest BCUT2D eigenvalue weighted by Crippen LogP contribution is 2.26. The van der Waals surface area contributed by atoms with E-state index in [1.807, 2.05) is 12.1 Å². The minimum atomic E-state index is -0.335. The van der Waals surface area contributed by atoms with Crippen LogP contribution in [-0.4, -0.2) is 17.6 Å². The van der Waals surface area contributed by atoms with Crippen molar-refractivity contribution >= 4 is 16.9 Å². The van der Waals surface area contributed by atoms with E-state index >= 15 is 0 Å². The summed E-state index contributed by atoms with van der Waals surface area (Å²) in [5.74, 6) is 0.186. The molecule has 122 valence electrons. The number of hydrogen-bond donors (Lipinski definition) is 0. The molecular weight excluding hydrogens is 298 g/mol. The lowest BCUT2D eigenvalue weighted by molar-refractivity contribution is 0.0526. The first-order chi connectivity index (χ1) is 11.6. The number of nitrogens with zero attached hydrogens (tertiary/aromatic N) is 1. The van der Waals surface area contributed by atoms with Crippen LogP contribution in [0, 0.1) is 0 Å². The first-order valence-electron chi connectivity index (χ1n) is 8.25. The van der Waals surface area contributed by atoms with Gasteiger partial charge in [0.1, 0.15) is 0 Å². The van der Waals surface area contributed by atoms with E-state index in [1.54, 1.807) is 13.1 Å². The fourth-order valence-electron chi connectivity index (χ4n) is 2.70. The molecule has 3 heteroatoms. The van der Waals surface area contributed by atoms with Crippen molar-refractivity contribution in [2.45, 2.75) is 26.7 Å². The third kappa shape index (κ3) is 3.30. The van der Waals surface area contributed by atoms with Crippen LogP contribution in [0.4, 0.5) is 0 Å². The van der Waals surface area contributed by atoms with Gasteiger partial charge in [-0.3, -0.25) is 4.98 Å². The zero-order chi connectivity index (χ0) is 17.1. The SMILES string of the molecule is CCOC(=O)c1cnc2ccc(-c3ccc(C(C)C)cc3)cc2c1. The molecule has 0 aliphatic heterocycles. The Hall–Kier alpha value is -2.68. The van der Waals surface area contributed by atoms with E-state index in [1.165, 1.54) is 5.56 Å². The monoisotopic (exact) mass is 319 g/mol. The van der Waals surface area contributed by atoms with Crippen LogP contribution in [0.5, 0.6) is 0 Å². The Bertz CT molecular complexity index is 867. The van der Waals surface area contributed by atoms with Crippen molar-refractivity contribution in [3.63, 3.8) is 0 Å². The highest BCUT2D eigenvalue weighted by molar-refractivity contribution is 5.94. The Labute approximate surface area is 142 Å². The van der Waals surface area contributed by atoms with Gasteiger partial charge in [-0.25, -0.2) is 4.79 Å². The summed E-state index contributed by atoms with van der Waals surface area (Å²) in [6, 6.07) is 16.6. The molecule has 0 unspecified atom stereocenters. The zero-order valence-electron chi connectivity index (χ0n) is 14.2. The van der Waals surface area contributed by atoms with Crippen molar-refractivity contribution in [2.75, 3.05) is 6.61 Å². The first-order valence-corrected chi connectivity index (χ1v) is 8.25. The summed E-state index contributed by atoms with van der Waals surface area (Å²) in [4.78, 5) is 16.2. The summed E-state index contributed by atoms with van der Waals surface area (Å²) in [6.07, 6.45) is 1.57. The largest absolute Gasteiger partial charge is 0.462 e. The van der Waals surface area contributed by atoms with E-state index in [2.05, 4.69) is 55.2 Å². The predicted octanol–water partition coefficient (Wildman–Crippen LogP) is 5.20. The number of esters is 1. The molecule has 2 aromatic carbocycles. The Morgan fingerprint density at radius 2 is 1.75 bits per heavy atom. The van der Waals surface area contributed by atoms with Crippen LogP contribution in [0.1, 0.15) is 42.6 Å². The summed E-state index contributed by atoms with van der Waals surface area (Å²) in [5.41, 5.74) is 4.94. The Morgan fingerprint density at radius 1 is 1.04 bits per heavy atom. The summed E-state index contributed by atoms with van der Waals surface area (Å²) in [7, 11) is 0. The number of benzene rings is 2. The number of rotatable bonds is 4. The van der Waals surface area contributed by atoms with Crippen molar-refractivity contribution < 1.29 is 9.53 Å². The number of aromatic nitrogens is 1. The van der Waals surface area contributed by atoms with Gasteiger partial charge in [0.15, 0.2) is 0 Å². The average molecular weight is 319 g/mol. The molecule has 1 aromatic heterocycles. The van der Waals surface area contributed by atoms with Gasteiger partial charge in [-0.2, -0.15) is 0 Å². The molecule has 3 rings (SSSR count). The van der Waals surface area contributed by atoms with Crippen LogP contribution < -0.4 is 0 Å². The van der Waals surface area contributed by atoms with E-state index in [4.69, 9.17) is 4.74 Å². The van der Waals surface area contributed by atoms with Crippen molar-refractivity contribution in [1.29, 1.82) is 0 Å². The molecule has 0 N–H and O–H groups in total. The number of carbonyl (C=O) groups excluding carboxylic acids is 1. The van der Waals surface area contributed by atoms with Crippen LogP contribution in [0.25, 0.3) is 22.0 Å².